The molecule has 1 aromatic heterocycles. The van der Waals surface area contributed by atoms with Crippen molar-refractivity contribution in [1.29, 1.82) is 0 Å². The van der Waals surface area contributed by atoms with Gasteiger partial charge in [-0.3, -0.25) is 19.2 Å². The molecule has 1 atom stereocenters. The number of benzene rings is 1. The number of hydrogen-bond acceptors (Lipinski definition) is 4. The van der Waals surface area contributed by atoms with Crippen molar-refractivity contribution in [2.75, 3.05) is 11.9 Å². The van der Waals surface area contributed by atoms with Crippen LogP contribution in [0.25, 0.3) is 0 Å². The SMILES string of the molecule is Cc1nn(C)c(C)c1NC(=O)CN1C(=O)N[C@](C)(c2ccccc2Cl)C1=O. The number of halogens is 1. The molecule has 2 heterocycles. The van der Waals surface area contributed by atoms with Gasteiger partial charge in [-0.2, -0.15) is 5.10 Å². The molecule has 0 unspecified atom stereocenters. The summed E-state index contributed by atoms with van der Waals surface area (Å²) < 4.78 is 1.65. The summed E-state index contributed by atoms with van der Waals surface area (Å²) in [5.41, 5.74) is 1.16. The average Bonchev–Trinajstić information content (AvgIpc) is 2.97. The smallest absolute Gasteiger partial charge is 0.321 e. The van der Waals surface area contributed by atoms with E-state index in [1.54, 1.807) is 49.8 Å². The Bertz CT molecular complexity index is 954. The fraction of sp³-hybridized carbons (Fsp3) is 0.333. The predicted molar refractivity (Wildman–Crippen MR) is 100 cm³/mol. The minimum absolute atomic E-state index is 0.363. The third-order valence-electron chi connectivity index (χ3n) is 4.76. The second-order valence-electron chi connectivity index (χ2n) is 6.64. The zero-order chi connectivity index (χ0) is 19.9. The molecular formula is C18H20ClN5O3. The summed E-state index contributed by atoms with van der Waals surface area (Å²) in [5.74, 6) is -1.02. The van der Waals surface area contributed by atoms with E-state index in [1.807, 2.05) is 6.92 Å². The van der Waals surface area contributed by atoms with Gasteiger partial charge in [-0.15, -0.1) is 0 Å². The molecule has 8 nitrogen and oxygen atoms in total. The number of aryl methyl sites for hydroxylation is 2. The van der Waals surface area contributed by atoms with Crippen molar-refractivity contribution in [1.82, 2.24) is 20.0 Å². The first-order valence-corrected chi connectivity index (χ1v) is 8.72. The molecule has 1 fully saturated rings. The lowest BCUT2D eigenvalue weighted by Gasteiger charge is -2.23. The maximum absolute atomic E-state index is 12.9. The standard InChI is InChI=1S/C18H20ClN5O3/c1-10-15(11(2)23(4)22-10)20-14(25)9-24-16(26)18(3,21-17(24)27)12-7-5-6-8-13(12)19/h5-8H,9H2,1-4H3,(H,20,25)(H,21,27)/t18-/m1/s1. The van der Waals surface area contributed by atoms with Crippen LogP contribution in [0.4, 0.5) is 10.5 Å². The predicted octanol–water partition coefficient (Wildman–Crippen LogP) is 2.10. The molecule has 27 heavy (non-hydrogen) atoms. The highest BCUT2D eigenvalue weighted by Gasteiger charge is 2.50. The molecule has 142 valence electrons. The largest absolute Gasteiger partial charge is 0.325 e. The average molecular weight is 390 g/mol. The highest BCUT2D eigenvalue weighted by molar-refractivity contribution is 6.32. The third-order valence-corrected chi connectivity index (χ3v) is 5.09. The minimum atomic E-state index is -1.32. The number of aromatic nitrogens is 2. The molecule has 9 heteroatoms. The maximum Gasteiger partial charge on any atom is 0.325 e. The molecule has 3 rings (SSSR count). The summed E-state index contributed by atoms with van der Waals surface area (Å²) in [5, 5.41) is 9.95. The first-order chi connectivity index (χ1) is 12.6. The van der Waals surface area contributed by atoms with Crippen molar-refractivity contribution in [2.45, 2.75) is 26.3 Å². The molecule has 1 aromatic carbocycles. The molecule has 1 aliphatic heterocycles. The van der Waals surface area contributed by atoms with E-state index in [1.165, 1.54) is 0 Å². The second-order valence-corrected chi connectivity index (χ2v) is 7.05. The van der Waals surface area contributed by atoms with Gasteiger partial charge in [-0.1, -0.05) is 29.8 Å². The van der Waals surface area contributed by atoms with Crippen molar-refractivity contribution < 1.29 is 14.4 Å². The van der Waals surface area contributed by atoms with Gasteiger partial charge in [0, 0.05) is 17.6 Å². The van der Waals surface area contributed by atoms with Crippen molar-refractivity contribution in [2.24, 2.45) is 7.05 Å². The number of nitrogens with one attached hydrogen (secondary N) is 2. The Morgan fingerprint density at radius 3 is 2.56 bits per heavy atom. The number of rotatable bonds is 4. The number of nitrogens with zero attached hydrogens (tertiary/aromatic N) is 3. The van der Waals surface area contributed by atoms with Crippen molar-refractivity contribution >= 4 is 35.1 Å². The van der Waals surface area contributed by atoms with Gasteiger partial charge in [0.05, 0.1) is 17.1 Å². The number of anilines is 1. The zero-order valence-corrected chi connectivity index (χ0v) is 16.2. The molecule has 1 aliphatic rings. The first kappa shape index (κ1) is 18.9. The quantitative estimate of drug-likeness (QED) is 0.782. The molecule has 0 radical (unpaired) electrons. The molecule has 0 spiro atoms. The van der Waals surface area contributed by atoms with Gasteiger partial charge < -0.3 is 10.6 Å². The highest BCUT2D eigenvalue weighted by atomic mass is 35.5. The van der Waals surface area contributed by atoms with Crippen LogP contribution in [0.15, 0.2) is 24.3 Å². The van der Waals surface area contributed by atoms with E-state index in [4.69, 9.17) is 11.6 Å². The van der Waals surface area contributed by atoms with Crippen molar-refractivity contribution in [3.05, 3.63) is 46.2 Å². The molecule has 0 saturated carbocycles. The van der Waals surface area contributed by atoms with Gasteiger partial charge in [0.25, 0.3) is 5.91 Å². The van der Waals surface area contributed by atoms with Gasteiger partial charge in [-0.05, 0) is 26.8 Å². The number of carbonyl (C=O) groups is 3. The molecule has 2 N–H and O–H groups in total. The highest BCUT2D eigenvalue weighted by Crippen LogP contribution is 2.33. The number of hydrogen-bond donors (Lipinski definition) is 2. The van der Waals surface area contributed by atoms with Crippen LogP contribution in [-0.4, -0.2) is 39.1 Å². The van der Waals surface area contributed by atoms with Crippen molar-refractivity contribution in [3.63, 3.8) is 0 Å². The van der Waals surface area contributed by atoms with E-state index >= 15 is 0 Å². The molecular weight excluding hydrogens is 370 g/mol. The second kappa shape index (κ2) is 6.70. The van der Waals surface area contributed by atoms with Crippen LogP contribution in [0, 0.1) is 13.8 Å². The van der Waals surface area contributed by atoms with Crippen LogP contribution in [0.3, 0.4) is 0 Å². The molecule has 1 saturated heterocycles. The van der Waals surface area contributed by atoms with E-state index in [0.717, 1.165) is 10.6 Å². The molecule has 2 aromatic rings. The Labute approximate surface area is 161 Å². The van der Waals surface area contributed by atoms with Crippen LogP contribution in [0.1, 0.15) is 23.9 Å². The van der Waals surface area contributed by atoms with Crippen LogP contribution >= 0.6 is 11.6 Å². The maximum atomic E-state index is 12.9. The van der Waals surface area contributed by atoms with Crippen LogP contribution < -0.4 is 10.6 Å². The van der Waals surface area contributed by atoms with Crippen LogP contribution in [-0.2, 0) is 22.2 Å². The Balaban J connectivity index is 1.80. The van der Waals surface area contributed by atoms with Crippen molar-refractivity contribution in [3.8, 4) is 0 Å². The van der Waals surface area contributed by atoms with E-state index in [0.29, 0.717) is 22.0 Å². The minimum Gasteiger partial charge on any atom is -0.321 e. The van der Waals surface area contributed by atoms with Crippen LogP contribution in [0.2, 0.25) is 5.02 Å². The van der Waals surface area contributed by atoms with Gasteiger partial charge in [0.1, 0.15) is 12.1 Å². The number of amides is 4. The monoisotopic (exact) mass is 389 g/mol. The summed E-state index contributed by atoms with van der Waals surface area (Å²) in [6.07, 6.45) is 0. The van der Waals surface area contributed by atoms with Gasteiger partial charge in [0.15, 0.2) is 0 Å². The normalized spacial score (nSPS) is 19.4. The van der Waals surface area contributed by atoms with E-state index in [9.17, 15) is 14.4 Å². The fourth-order valence-electron chi connectivity index (χ4n) is 3.17. The summed E-state index contributed by atoms with van der Waals surface area (Å²) in [7, 11) is 1.77. The Hall–Kier alpha value is -2.87. The lowest BCUT2D eigenvalue weighted by Crippen LogP contribution is -2.42. The Morgan fingerprint density at radius 1 is 1.30 bits per heavy atom. The molecule has 0 bridgehead atoms. The Morgan fingerprint density at radius 2 is 1.96 bits per heavy atom. The van der Waals surface area contributed by atoms with E-state index in [2.05, 4.69) is 15.7 Å². The summed E-state index contributed by atoms with van der Waals surface area (Å²) >= 11 is 6.19. The van der Waals surface area contributed by atoms with E-state index < -0.39 is 29.9 Å². The number of carbonyl (C=O) groups excluding carboxylic acids is 3. The zero-order valence-electron chi connectivity index (χ0n) is 15.5. The summed E-state index contributed by atoms with van der Waals surface area (Å²) in [4.78, 5) is 38.6. The molecule has 0 aliphatic carbocycles. The van der Waals surface area contributed by atoms with E-state index in [-0.39, 0.29) is 0 Å². The summed E-state index contributed by atoms with van der Waals surface area (Å²) in [6, 6.07) is 6.14. The van der Waals surface area contributed by atoms with Crippen LogP contribution in [0.5, 0.6) is 0 Å². The lowest BCUT2D eigenvalue weighted by atomic mass is 9.92. The van der Waals surface area contributed by atoms with Gasteiger partial charge in [0.2, 0.25) is 5.91 Å². The lowest BCUT2D eigenvalue weighted by molar-refractivity contribution is -0.133. The third kappa shape index (κ3) is 3.16. The fourth-order valence-corrected chi connectivity index (χ4v) is 3.49. The van der Waals surface area contributed by atoms with Gasteiger partial charge in [-0.25, -0.2) is 4.79 Å². The number of urea groups is 1. The summed E-state index contributed by atoms with van der Waals surface area (Å²) in [6.45, 7) is 4.75. The molecule has 4 amide bonds. The topological polar surface area (TPSA) is 96.3 Å². The Kier molecular flexibility index (Phi) is 4.69. The first-order valence-electron chi connectivity index (χ1n) is 8.34. The van der Waals surface area contributed by atoms with Gasteiger partial charge >= 0.3 is 6.03 Å². The number of imide groups is 1.